The molecule has 1 aliphatic rings. The first kappa shape index (κ1) is 33.9. The number of aliphatic hydroxyl groups excluding tert-OH is 1. The largest absolute Gasteiger partial charge is 0.392 e. The Bertz CT molecular complexity index is 1580. The van der Waals surface area contributed by atoms with Crippen LogP contribution in [0.2, 0.25) is 0 Å². The second-order valence-corrected chi connectivity index (χ2v) is 12.2. The summed E-state index contributed by atoms with van der Waals surface area (Å²) in [5, 5.41) is 15.3. The molecule has 0 saturated carbocycles. The highest BCUT2D eigenvalue weighted by molar-refractivity contribution is 5.93. The Hall–Kier alpha value is -4.41. The van der Waals surface area contributed by atoms with Gasteiger partial charge in [-0.05, 0) is 61.3 Å². The first-order chi connectivity index (χ1) is 22.8. The average Bonchev–Trinajstić information content (AvgIpc) is 3.09. The Morgan fingerprint density at radius 1 is 0.915 bits per heavy atom. The van der Waals surface area contributed by atoms with Crippen molar-refractivity contribution in [2.45, 2.75) is 57.8 Å². The molecule has 1 aromatic heterocycles. The number of ether oxygens (including phenoxy) is 2. The lowest BCUT2D eigenvalue weighted by Gasteiger charge is -2.42. The lowest BCUT2D eigenvalue weighted by molar-refractivity contribution is -0.275. The second kappa shape index (κ2) is 16.4. The van der Waals surface area contributed by atoms with E-state index in [9.17, 15) is 14.7 Å². The monoisotopic (exact) mass is 636 g/mol. The fraction of sp³-hybridized carbons (Fsp3) is 0.342. The van der Waals surface area contributed by atoms with E-state index in [0.29, 0.717) is 18.7 Å². The van der Waals surface area contributed by atoms with Gasteiger partial charge in [-0.2, -0.15) is 0 Å². The Morgan fingerprint density at radius 2 is 1.68 bits per heavy atom. The van der Waals surface area contributed by atoms with E-state index in [4.69, 9.17) is 9.47 Å². The fourth-order valence-electron chi connectivity index (χ4n) is 5.81. The number of aromatic nitrogens is 1. The van der Waals surface area contributed by atoms with Crippen LogP contribution in [-0.2, 0) is 33.7 Å². The zero-order chi connectivity index (χ0) is 33.2. The summed E-state index contributed by atoms with van der Waals surface area (Å²) >= 11 is 0. The summed E-state index contributed by atoms with van der Waals surface area (Å²) in [6, 6.07) is 29.7. The summed E-state index contributed by atoms with van der Waals surface area (Å²) in [5.74, 6) is -0.0891. The molecule has 246 valence electrons. The summed E-state index contributed by atoms with van der Waals surface area (Å²) in [5.41, 5.74) is 5.17. The van der Waals surface area contributed by atoms with Gasteiger partial charge < -0.3 is 30.1 Å². The number of amides is 2. The van der Waals surface area contributed by atoms with Crippen LogP contribution in [0, 0.1) is 5.92 Å². The first-order valence-electron chi connectivity index (χ1n) is 16.1. The number of pyridine rings is 1. The molecular weight excluding hydrogens is 592 g/mol. The number of nitrogens with one attached hydrogen (secondary N) is 2. The second-order valence-electron chi connectivity index (χ2n) is 12.2. The van der Waals surface area contributed by atoms with E-state index < -0.39 is 18.4 Å². The standard InChI is InChI=1S/C38H44N4O5/c1-26-35(24-42(3)21-19-32-13-7-8-20-39-32)46-37(47-36(26)30-17-15-29(25-43)16-18-30)31-12-9-14-33(23-31)40-38(45)41-34(27(2)44)22-28-10-5-4-6-11-28/h4-18,20,23,26,34-37,43H,19,21-22,24-25H2,1-3H3,(H2,40,41,45). The van der Waals surface area contributed by atoms with E-state index in [1.807, 2.05) is 97.2 Å². The highest BCUT2D eigenvalue weighted by atomic mass is 16.7. The Morgan fingerprint density at radius 3 is 2.38 bits per heavy atom. The van der Waals surface area contributed by atoms with Gasteiger partial charge in [0.05, 0.1) is 24.9 Å². The zero-order valence-corrected chi connectivity index (χ0v) is 27.2. The molecule has 2 heterocycles. The first-order valence-corrected chi connectivity index (χ1v) is 16.1. The van der Waals surface area contributed by atoms with Crippen molar-refractivity contribution in [2.24, 2.45) is 5.92 Å². The number of hydrogen-bond acceptors (Lipinski definition) is 7. The molecule has 0 spiro atoms. The molecule has 2 amide bonds. The van der Waals surface area contributed by atoms with Crippen LogP contribution in [0.5, 0.6) is 0 Å². The molecule has 5 atom stereocenters. The third-order valence-electron chi connectivity index (χ3n) is 8.59. The predicted molar refractivity (Wildman–Crippen MR) is 182 cm³/mol. The minimum atomic E-state index is -0.684. The Balaban J connectivity index is 1.30. The van der Waals surface area contributed by atoms with Gasteiger partial charge in [0.15, 0.2) is 12.1 Å². The molecule has 0 bridgehead atoms. The lowest BCUT2D eigenvalue weighted by atomic mass is 9.90. The highest BCUT2D eigenvalue weighted by Crippen LogP contribution is 2.42. The molecular formula is C38H44N4O5. The molecule has 9 heteroatoms. The fourth-order valence-corrected chi connectivity index (χ4v) is 5.81. The number of hydrogen-bond donors (Lipinski definition) is 3. The minimum Gasteiger partial charge on any atom is -0.392 e. The topological polar surface area (TPSA) is 113 Å². The van der Waals surface area contributed by atoms with Crippen molar-refractivity contribution in [1.82, 2.24) is 15.2 Å². The number of carbonyl (C=O) groups excluding carboxylic acids is 2. The SMILES string of the molecule is CC(=O)C(Cc1ccccc1)NC(=O)Nc1cccc(C2OC(CN(C)CCc3ccccn3)C(C)C(c3ccc(CO)cc3)O2)c1. The van der Waals surface area contributed by atoms with Crippen molar-refractivity contribution in [3.05, 3.63) is 131 Å². The minimum absolute atomic E-state index is 0.0242. The highest BCUT2D eigenvalue weighted by Gasteiger charge is 2.39. The van der Waals surface area contributed by atoms with Gasteiger partial charge in [-0.15, -0.1) is 0 Å². The van der Waals surface area contributed by atoms with Crippen molar-refractivity contribution in [2.75, 3.05) is 25.5 Å². The van der Waals surface area contributed by atoms with Crippen molar-refractivity contribution in [3.63, 3.8) is 0 Å². The van der Waals surface area contributed by atoms with Crippen molar-refractivity contribution in [1.29, 1.82) is 0 Å². The zero-order valence-electron chi connectivity index (χ0n) is 27.2. The van der Waals surface area contributed by atoms with Crippen LogP contribution in [0.25, 0.3) is 0 Å². The summed E-state index contributed by atoms with van der Waals surface area (Å²) in [6.07, 6.45) is 1.95. The van der Waals surface area contributed by atoms with E-state index in [2.05, 4.69) is 34.5 Å². The summed E-state index contributed by atoms with van der Waals surface area (Å²) in [6.45, 7) is 5.11. The van der Waals surface area contributed by atoms with Crippen LogP contribution in [0.15, 0.2) is 103 Å². The smallest absolute Gasteiger partial charge is 0.319 e. The molecule has 1 aliphatic heterocycles. The summed E-state index contributed by atoms with van der Waals surface area (Å²) < 4.78 is 13.3. The molecule has 5 unspecified atom stereocenters. The third kappa shape index (κ3) is 9.56. The van der Waals surface area contributed by atoms with Gasteiger partial charge in [-0.3, -0.25) is 9.78 Å². The molecule has 3 N–H and O–H groups in total. The van der Waals surface area contributed by atoms with E-state index in [0.717, 1.165) is 40.9 Å². The van der Waals surface area contributed by atoms with Crippen LogP contribution < -0.4 is 10.6 Å². The van der Waals surface area contributed by atoms with Gasteiger partial charge in [0.1, 0.15) is 0 Å². The average molecular weight is 637 g/mol. The number of anilines is 1. The number of urea groups is 1. The number of nitrogens with zero attached hydrogens (tertiary/aromatic N) is 2. The normalized spacial score (nSPS) is 20.0. The molecule has 0 aliphatic carbocycles. The third-order valence-corrected chi connectivity index (χ3v) is 8.59. The molecule has 9 nitrogen and oxygen atoms in total. The predicted octanol–water partition coefficient (Wildman–Crippen LogP) is 5.86. The number of benzene rings is 3. The van der Waals surface area contributed by atoms with Crippen LogP contribution in [0.1, 0.15) is 54.2 Å². The number of carbonyl (C=O) groups is 2. The maximum absolute atomic E-state index is 13.0. The van der Waals surface area contributed by atoms with Gasteiger partial charge >= 0.3 is 6.03 Å². The van der Waals surface area contributed by atoms with Crippen LogP contribution in [0.4, 0.5) is 10.5 Å². The van der Waals surface area contributed by atoms with Crippen molar-refractivity contribution < 1.29 is 24.2 Å². The number of aliphatic hydroxyl groups is 1. The van der Waals surface area contributed by atoms with E-state index >= 15 is 0 Å². The molecule has 3 aromatic carbocycles. The molecule has 4 aromatic rings. The molecule has 47 heavy (non-hydrogen) atoms. The van der Waals surface area contributed by atoms with Crippen LogP contribution in [0.3, 0.4) is 0 Å². The van der Waals surface area contributed by atoms with Crippen molar-refractivity contribution in [3.8, 4) is 0 Å². The molecule has 1 fully saturated rings. The van der Waals surface area contributed by atoms with Gasteiger partial charge in [0.25, 0.3) is 0 Å². The number of rotatable bonds is 13. The number of likely N-dealkylation sites (N-methyl/N-ethyl adjacent to an activating group) is 1. The quantitative estimate of drug-likeness (QED) is 0.169. The van der Waals surface area contributed by atoms with Gasteiger partial charge in [0, 0.05) is 48.6 Å². The Kier molecular flexibility index (Phi) is 11.9. The van der Waals surface area contributed by atoms with E-state index in [-0.39, 0.29) is 30.5 Å². The Labute approximate surface area is 276 Å². The lowest BCUT2D eigenvalue weighted by Crippen LogP contribution is -2.44. The van der Waals surface area contributed by atoms with E-state index in [1.54, 1.807) is 6.07 Å². The number of Topliss-reactive ketones (excluding diaryl/α,β-unsaturated/α-hetero) is 1. The maximum atomic E-state index is 13.0. The number of ketones is 1. The van der Waals surface area contributed by atoms with Gasteiger partial charge in [-0.1, -0.05) is 79.7 Å². The van der Waals surface area contributed by atoms with E-state index in [1.165, 1.54) is 6.92 Å². The van der Waals surface area contributed by atoms with Crippen molar-refractivity contribution >= 4 is 17.5 Å². The van der Waals surface area contributed by atoms with Gasteiger partial charge in [0.2, 0.25) is 0 Å². The van der Waals surface area contributed by atoms with Crippen LogP contribution in [-0.4, -0.2) is 59.1 Å². The maximum Gasteiger partial charge on any atom is 0.319 e. The molecule has 0 radical (unpaired) electrons. The molecule has 1 saturated heterocycles. The molecule has 5 rings (SSSR count). The van der Waals surface area contributed by atoms with Crippen LogP contribution >= 0.6 is 0 Å². The summed E-state index contributed by atoms with van der Waals surface area (Å²) in [4.78, 5) is 32.1. The van der Waals surface area contributed by atoms with Gasteiger partial charge in [-0.25, -0.2) is 4.79 Å². The summed E-state index contributed by atoms with van der Waals surface area (Å²) in [7, 11) is 2.09.